The zero-order valence-corrected chi connectivity index (χ0v) is 10.7. The summed E-state index contributed by atoms with van der Waals surface area (Å²) in [5.41, 5.74) is 6.41. The van der Waals surface area contributed by atoms with Gasteiger partial charge in [0.15, 0.2) is 0 Å². The Kier molecular flexibility index (Phi) is 3.74. The number of nitrogens with one attached hydrogen (secondary N) is 1. The van der Waals surface area contributed by atoms with Crippen molar-refractivity contribution in [1.29, 1.82) is 0 Å². The first-order chi connectivity index (χ1) is 8.56. The Morgan fingerprint density at radius 1 is 1.33 bits per heavy atom. The van der Waals surface area contributed by atoms with Gasteiger partial charge in [-0.1, -0.05) is 29.9 Å². The lowest BCUT2D eigenvalue weighted by Gasteiger charge is -2.08. The largest absolute Gasteiger partial charge is 0.388 e. The van der Waals surface area contributed by atoms with E-state index in [1.807, 2.05) is 0 Å². The molecule has 0 amide bonds. The van der Waals surface area contributed by atoms with Crippen molar-refractivity contribution in [3.63, 3.8) is 0 Å². The lowest BCUT2D eigenvalue weighted by molar-refractivity contribution is 0.628. The lowest BCUT2D eigenvalue weighted by atomic mass is 10.3. The maximum atomic E-state index is 13.1. The monoisotopic (exact) mass is 281 g/mol. The predicted molar refractivity (Wildman–Crippen MR) is 74.8 cm³/mol. The van der Waals surface area contributed by atoms with Gasteiger partial charge >= 0.3 is 0 Å². The van der Waals surface area contributed by atoms with Crippen LogP contribution in [0.5, 0.6) is 0 Å². The number of rotatable bonds is 3. The molecule has 1 aromatic heterocycles. The molecule has 3 nitrogen and oxygen atoms in total. The molecule has 6 heteroatoms. The minimum Gasteiger partial charge on any atom is -0.388 e. The molecule has 0 radical (unpaired) electrons. The SMILES string of the molecule is NC(=S)c1cccc(Nc2cc(F)ccc2Cl)n1. The molecule has 1 aromatic carbocycles. The zero-order valence-electron chi connectivity index (χ0n) is 9.15. The average Bonchev–Trinajstić information content (AvgIpc) is 2.34. The Bertz CT molecular complexity index is 604. The molecular formula is C12H9ClFN3S. The summed E-state index contributed by atoms with van der Waals surface area (Å²) in [5, 5.41) is 3.31. The van der Waals surface area contributed by atoms with E-state index < -0.39 is 0 Å². The van der Waals surface area contributed by atoms with Crippen molar-refractivity contribution in [2.24, 2.45) is 5.73 Å². The molecule has 2 rings (SSSR count). The van der Waals surface area contributed by atoms with E-state index in [1.165, 1.54) is 18.2 Å². The maximum Gasteiger partial charge on any atom is 0.131 e. The minimum absolute atomic E-state index is 0.198. The van der Waals surface area contributed by atoms with Gasteiger partial charge in [-0.25, -0.2) is 9.37 Å². The quantitative estimate of drug-likeness (QED) is 0.848. The summed E-state index contributed by atoms with van der Waals surface area (Å²) in [6, 6.07) is 9.20. The fraction of sp³-hybridized carbons (Fsp3) is 0. The first kappa shape index (κ1) is 12.7. The van der Waals surface area contributed by atoms with Crippen molar-refractivity contribution < 1.29 is 4.39 Å². The average molecular weight is 282 g/mol. The van der Waals surface area contributed by atoms with E-state index in [1.54, 1.807) is 18.2 Å². The molecule has 92 valence electrons. The number of anilines is 2. The molecule has 1 heterocycles. The molecule has 18 heavy (non-hydrogen) atoms. The van der Waals surface area contributed by atoms with E-state index in [-0.39, 0.29) is 10.8 Å². The van der Waals surface area contributed by atoms with Crippen LogP contribution in [0.2, 0.25) is 5.02 Å². The number of nitrogens with zero attached hydrogens (tertiary/aromatic N) is 1. The second kappa shape index (κ2) is 5.29. The van der Waals surface area contributed by atoms with Crippen LogP contribution >= 0.6 is 23.8 Å². The molecular weight excluding hydrogens is 273 g/mol. The number of benzene rings is 1. The van der Waals surface area contributed by atoms with Crippen LogP contribution in [0.3, 0.4) is 0 Å². The zero-order chi connectivity index (χ0) is 13.1. The Balaban J connectivity index is 2.31. The Morgan fingerprint density at radius 3 is 2.83 bits per heavy atom. The molecule has 0 aliphatic carbocycles. The van der Waals surface area contributed by atoms with Gasteiger partial charge in [0.2, 0.25) is 0 Å². The number of pyridine rings is 1. The highest BCUT2D eigenvalue weighted by Gasteiger charge is 2.05. The van der Waals surface area contributed by atoms with Gasteiger partial charge in [0.1, 0.15) is 16.6 Å². The first-order valence-corrected chi connectivity index (χ1v) is 5.84. The Labute approximate surface area is 114 Å². The van der Waals surface area contributed by atoms with Crippen molar-refractivity contribution in [2.75, 3.05) is 5.32 Å². The lowest BCUT2D eigenvalue weighted by Crippen LogP contribution is -2.12. The van der Waals surface area contributed by atoms with Crippen molar-refractivity contribution in [2.45, 2.75) is 0 Å². The van der Waals surface area contributed by atoms with Crippen LogP contribution in [0.4, 0.5) is 15.9 Å². The fourth-order valence-electron chi connectivity index (χ4n) is 1.37. The smallest absolute Gasteiger partial charge is 0.131 e. The Hall–Kier alpha value is -1.72. The van der Waals surface area contributed by atoms with Crippen molar-refractivity contribution >= 4 is 40.3 Å². The molecule has 0 fully saturated rings. The van der Waals surface area contributed by atoms with Crippen LogP contribution in [-0.2, 0) is 0 Å². The molecule has 2 aromatic rings. The van der Waals surface area contributed by atoms with Crippen molar-refractivity contribution in [3.05, 3.63) is 52.9 Å². The van der Waals surface area contributed by atoms with Gasteiger partial charge in [-0.15, -0.1) is 0 Å². The van der Waals surface area contributed by atoms with Crippen molar-refractivity contribution in [3.8, 4) is 0 Å². The fourth-order valence-corrected chi connectivity index (χ4v) is 1.65. The Morgan fingerprint density at radius 2 is 2.11 bits per heavy atom. The highest BCUT2D eigenvalue weighted by atomic mass is 35.5. The first-order valence-electron chi connectivity index (χ1n) is 5.05. The molecule has 0 bridgehead atoms. The maximum absolute atomic E-state index is 13.1. The van der Waals surface area contributed by atoms with Crippen molar-refractivity contribution in [1.82, 2.24) is 4.98 Å². The standard InChI is InChI=1S/C12H9ClFN3S/c13-8-5-4-7(14)6-10(8)17-11-3-1-2-9(16-11)12(15)18/h1-6H,(H2,15,18)(H,16,17). The number of thiocarbonyl (C=S) groups is 1. The molecule has 0 aliphatic rings. The predicted octanol–water partition coefficient (Wildman–Crippen LogP) is 3.25. The second-order valence-corrected chi connectivity index (χ2v) is 4.37. The van der Waals surface area contributed by atoms with E-state index in [0.29, 0.717) is 22.2 Å². The highest BCUT2D eigenvalue weighted by molar-refractivity contribution is 7.80. The summed E-state index contributed by atoms with van der Waals surface area (Å²) in [7, 11) is 0. The molecule has 0 unspecified atom stereocenters. The van der Waals surface area contributed by atoms with Crippen LogP contribution in [0, 0.1) is 5.82 Å². The topological polar surface area (TPSA) is 50.9 Å². The summed E-state index contributed by atoms with van der Waals surface area (Å²) < 4.78 is 13.1. The number of hydrogen-bond acceptors (Lipinski definition) is 3. The van der Waals surface area contributed by atoms with Gasteiger partial charge in [0.05, 0.1) is 16.4 Å². The number of aromatic nitrogens is 1. The van der Waals surface area contributed by atoms with Crippen LogP contribution in [0.1, 0.15) is 5.69 Å². The molecule has 0 aliphatic heterocycles. The normalized spacial score (nSPS) is 10.1. The minimum atomic E-state index is -0.382. The second-order valence-electron chi connectivity index (χ2n) is 3.52. The van der Waals surface area contributed by atoms with E-state index in [4.69, 9.17) is 29.6 Å². The van der Waals surface area contributed by atoms with E-state index in [0.717, 1.165) is 0 Å². The molecule has 0 spiro atoms. The number of nitrogens with two attached hydrogens (primary N) is 1. The highest BCUT2D eigenvalue weighted by Crippen LogP contribution is 2.25. The molecule has 0 atom stereocenters. The summed E-state index contributed by atoms with van der Waals surface area (Å²) in [6.45, 7) is 0. The van der Waals surface area contributed by atoms with Crippen LogP contribution in [0.15, 0.2) is 36.4 Å². The molecule has 0 saturated carbocycles. The van der Waals surface area contributed by atoms with Crippen LogP contribution < -0.4 is 11.1 Å². The van der Waals surface area contributed by atoms with Crippen LogP contribution in [-0.4, -0.2) is 9.97 Å². The van der Waals surface area contributed by atoms with Crippen LogP contribution in [0.25, 0.3) is 0 Å². The summed E-state index contributed by atoms with van der Waals surface area (Å²) in [5.74, 6) is 0.111. The number of hydrogen-bond donors (Lipinski definition) is 2. The van der Waals surface area contributed by atoms with Gasteiger partial charge in [-0.2, -0.15) is 0 Å². The van der Waals surface area contributed by atoms with Gasteiger partial charge < -0.3 is 11.1 Å². The third kappa shape index (κ3) is 2.94. The summed E-state index contributed by atoms with van der Waals surface area (Å²) >= 11 is 10.8. The number of halogens is 2. The third-order valence-electron chi connectivity index (χ3n) is 2.19. The van der Waals surface area contributed by atoms with E-state index in [9.17, 15) is 4.39 Å². The van der Waals surface area contributed by atoms with Gasteiger partial charge in [-0.3, -0.25) is 0 Å². The van der Waals surface area contributed by atoms with E-state index >= 15 is 0 Å². The molecule has 3 N–H and O–H groups in total. The molecule has 0 saturated heterocycles. The van der Waals surface area contributed by atoms with Gasteiger partial charge in [0.25, 0.3) is 0 Å². The van der Waals surface area contributed by atoms with E-state index in [2.05, 4.69) is 10.3 Å². The summed E-state index contributed by atoms with van der Waals surface area (Å²) in [4.78, 5) is 4.38. The van der Waals surface area contributed by atoms with Gasteiger partial charge in [-0.05, 0) is 30.3 Å². The summed E-state index contributed by atoms with van der Waals surface area (Å²) in [6.07, 6.45) is 0. The third-order valence-corrected chi connectivity index (χ3v) is 2.73. The van der Waals surface area contributed by atoms with Gasteiger partial charge in [0, 0.05) is 0 Å².